The Morgan fingerprint density at radius 2 is 1.91 bits per heavy atom. The number of aliphatic imine (C=N–C) groups is 1. The number of nitrogens with zero attached hydrogens (tertiary/aromatic N) is 3. The molecule has 3 rings (SSSR count). The molecule has 0 saturated carbocycles. The second-order valence-electron chi connectivity index (χ2n) is 7.36. The van der Waals surface area contributed by atoms with Gasteiger partial charge >= 0.3 is 0 Å². The first-order valence-corrected chi connectivity index (χ1v) is 11.8. The van der Waals surface area contributed by atoms with Gasteiger partial charge in [-0.05, 0) is 56.0 Å². The molecule has 2 heterocycles. The van der Waals surface area contributed by atoms with Crippen LogP contribution in [0.2, 0.25) is 5.02 Å². The van der Waals surface area contributed by atoms with Crippen LogP contribution in [0.4, 0.5) is 11.4 Å². The topological polar surface area (TPSA) is 137 Å². The van der Waals surface area contributed by atoms with Gasteiger partial charge in [-0.25, -0.2) is 18.4 Å². The van der Waals surface area contributed by atoms with E-state index in [0.717, 1.165) is 0 Å². The van der Waals surface area contributed by atoms with Crippen LogP contribution in [0.25, 0.3) is 5.82 Å². The number of nitrogens with two attached hydrogens (primary N) is 1. The highest BCUT2D eigenvalue weighted by Crippen LogP contribution is 2.22. The summed E-state index contributed by atoms with van der Waals surface area (Å²) in [5, 5.41) is 0.307. The molecular formula is C22H22ClN5O4S. The fourth-order valence-electron chi connectivity index (χ4n) is 3.22. The van der Waals surface area contributed by atoms with Crippen molar-refractivity contribution < 1.29 is 13.2 Å². The quantitative estimate of drug-likeness (QED) is 0.491. The molecule has 0 aliphatic carbocycles. The van der Waals surface area contributed by atoms with Crippen LogP contribution in [0.5, 0.6) is 0 Å². The highest BCUT2D eigenvalue weighted by molar-refractivity contribution is 7.91. The van der Waals surface area contributed by atoms with Gasteiger partial charge in [-0.3, -0.25) is 18.9 Å². The van der Waals surface area contributed by atoms with Gasteiger partial charge in [-0.15, -0.1) is 0 Å². The zero-order chi connectivity index (χ0) is 24.3. The number of sulfonamides is 1. The van der Waals surface area contributed by atoms with E-state index in [-0.39, 0.29) is 23.6 Å². The molecule has 3 N–H and O–H groups in total. The van der Waals surface area contributed by atoms with Crippen LogP contribution in [0.15, 0.2) is 52.3 Å². The lowest BCUT2D eigenvalue weighted by atomic mass is 10.1. The van der Waals surface area contributed by atoms with E-state index in [1.807, 2.05) is 0 Å². The van der Waals surface area contributed by atoms with Crippen LogP contribution < -0.4 is 16.0 Å². The van der Waals surface area contributed by atoms with Gasteiger partial charge in [0.05, 0.1) is 17.9 Å². The summed E-state index contributed by atoms with van der Waals surface area (Å²) in [6.07, 6.45) is -0.0252. The molecule has 0 radical (unpaired) electrons. The van der Waals surface area contributed by atoms with Crippen molar-refractivity contribution in [3.63, 3.8) is 0 Å². The van der Waals surface area contributed by atoms with Crippen molar-refractivity contribution in [1.82, 2.24) is 9.55 Å². The summed E-state index contributed by atoms with van der Waals surface area (Å²) >= 11 is 6.07. The van der Waals surface area contributed by atoms with E-state index in [4.69, 9.17) is 17.3 Å². The zero-order valence-corrected chi connectivity index (χ0v) is 19.6. The van der Waals surface area contributed by atoms with Gasteiger partial charge in [-0.2, -0.15) is 0 Å². The molecule has 0 aliphatic rings. The molecule has 33 heavy (non-hydrogen) atoms. The number of halogens is 1. The maximum Gasteiger partial charge on any atom is 0.280 e. The molecule has 0 atom stereocenters. The number of carbonyl (C=O) groups is 1. The number of pyridine rings is 2. The van der Waals surface area contributed by atoms with Crippen molar-refractivity contribution in [2.45, 2.75) is 26.0 Å². The molecule has 1 amide bonds. The molecule has 3 aromatic rings. The number of hydrogen-bond donors (Lipinski definition) is 2. The monoisotopic (exact) mass is 487 g/mol. The molecule has 0 fully saturated rings. The number of aryl methyl sites for hydroxylation is 2. The maximum absolute atomic E-state index is 13.2. The van der Waals surface area contributed by atoms with Crippen molar-refractivity contribution in [3.05, 3.63) is 80.4 Å². The summed E-state index contributed by atoms with van der Waals surface area (Å²) in [5.41, 5.74) is 7.40. The Bertz CT molecular complexity index is 1420. The normalized spacial score (nSPS) is 11.2. The smallest absolute Gasteiger partial charge is 0.280 e. The van der Waals surface area contributed by atoms with Crippen molar-refractivity contribution in [2.24, 2.45) is 4.99 Å². The second kappa shape index (κ2) is 9.55. The van der Waals surface area contributed by atoms with Crippen LogP contribution in [0.1, 0.15) is 22.5 Å². The molecule has 0 aliphatic heterocycles. The third kappa shape index (κ3) is 5.47. The van der Waals surface area contributed by atoms with E-state index >= 15 is 0 Å². The molecule has 0 bridgehead atoms. The fourth-order valence-corrected chi connectivity index (χ4v) is 4.73. The average molecular weight is 488 g/mol. The third-order valence-electron chi connectivity index (χ3n) is 4.90. The summed E-state index contributed by atoms with van der Waals surface area (Å²) in [6.45, 7) is 6.54. The highest BCUT2D eigenvalue weighted by Gasteiger charge is 2.19. The summed E-state index contributed by atoms with van der Waals surface area (Å²) in [6, 6.07) is 11.0. The molecule has 11 heteroatoms. The van der Waals surface area contributed by atoms with Gasteiger partial charge < -0.3 is 5.73 Å². The first-order valence-electron chi connectivity index (χ1n) is 9.75. The van der Waals surface area contributed by atoms with Crippen LogP contribution >= 0.6 is 11.6 Å². The van der Waals surface area contributed by atoms with Crippen LogP contribution in [-0.2, 0) is 27.0 Å². The van der Waals surface area contributed by atoms with E-state index in [0.29, 0.717) is 27.5 Å². The lowest BCUT2D eigenvalue weighted by Crippen LogP contribution is -2.28. The largest absolute Gasteiger partial charge is 0.396 e. The minimum absolute atomic E-state index is 0.0252. The average Bonchev–Trinajstić information content (AvgIpc) is 2.75. The number of anilines is 2. The predicted octanol–water partition coefficient (Wildman–Crippen LogP) is 2.80. The Hall–Kier alpha value is -3.50. The summed E-state index contributed by atoms with van der Waals surface area (Å²) in [7, 11) is -3.94. The van der Waals surface area contributed by atoms with Gasteiger partial charge in [0, 0.05) is 16.4 Å². The molecule has 0 unspecified atom stereocenters. The minimum atomic E-state index is -3.94. The van der Waals surface area contributed by atoms with Crippen molar-refractivity contribution >= 4 is 45.6 Å². The Kier molecular flexibility index (Phi) is 6.99. The van der Waals surface area contributed by atoms with Crippen LogP contribution in [0, 0.1) is 13.8 Å². The van der Waals surface area contributed by atoms with Gasteiger partial charge in [0.25, 0.3) is 5.56 Å². The SMILES string of the molecule is C=NC(=O)Cc1cc(N)c(-n2c(C)ccc(NS(=O)(=O)Cc3ccccc3Cl)c2=O)nc1C. The van der Waals surface area contributed by atoms with Crippen molar-refractivity contribution in [2.75, 3.05) is 10.5 Å². The number of amides is 1. The molecule has 0 saturated heterocycles. The number of benzene rings is 1. The molecule has 0 spiro atoms. The first kappa shape index (κ1) is 24.1. The molecule has 2 aromatic heterocycles. The van der Waals surface area contributed by atoms with Crippen LogP contribution in [0.3, 0.4) is 0 Å². The maximum atomic E-state index is 13.2. The second-order valence-corrected chi connectivity index (χ2v) is 9.49. The lowest BCUT2D eigenvalue weighted by molar-refractivity contribution is -0.117. The van der Waals surface area contributed by atoms with Crippen LogP contribution in [-0.4, -0.2) is 30.6 Å². The minimum Gasteiger partial charge on any atom is -0.396 e. The molecular weight excluding hydrogens is 466 g/mol. The zero-order valence-electron chi connectivity index (χ0n) is 18.0. The standard InChI is InChI=1S/C22H22ClN5O4S/c1-13-8-9-19(27-33(31,32)12-15-6-4-5-7-17(15)23)22(30)28(13)21-18(24)10-16(14(2)26-21)11-20(29)25-3/h4-10,27H,3,11-12,24H2,1-2H3. The Balaban J connectivity index is 2.01. The number of nitrogen functional groups attached to an aromatic ring is 1. The fraction of sp³-hybridized carbons (Fsp3) is 0.182. The Morgan fingerprint density at radius 3 is 2.58 bits per heavy atom. The van der Waals surface area contributed by atoms with Gasteiger partial charge in [0.15, 0.2) is 5.82 Å². The van der Waals surface area contributed by atoms with E-state index in [1.54, 1.807) is 50.2 Å². The number of hydrogen-bond acceptors (Lipinski definition) is 6. The number of nitrogens with one attached hydrogen (secondary N) is 1. The molecule has 9 nitrogen and oxygen atoms in total. The Labute approximate surface area is 196 Å². The summed E-state index contributed by atoms with van der Waals surface area (Å²) < 4.78 is 28.9. The van der Waals surface area contributed by atoms with E-state index in [1.165, 1.54) is 10.6 Å². The first-order chi connectivity index (χ1) is 15.5. The molecule has 172 valence electrons. The van der Waals surface area contributed by atoms with Crippen molar-refractivity contribution in [1.29, 1.82) is 0 Å². The van der Waals surface area contributed by atoms with Gasteiger partial charge in [0.2, 0.25) is 15.9 Å². The number of aromatic nitrogens is 2. The summed E-state index contributed by atoms with van der Waals surface area (Å²) in [4.78, 5) is 32.6. The predicted molar refractivity (Wildman–Crippen MR) is 130 cm³/mol. The van der Waals surface area contributed by atoms with Gasteiger partial charge in [-0.1, -0.05) is 29.8 Å². The number of rotatable bonds is 7. The molecule has 1 aromatic carbocycles. The lowest BCUT2D eigenvalue weighted by Gasteiger charge is -2.16. The van der Waals surface area contributed by atoms with Crippen molar-refractivity contribution in [3.8, 4) is 5.82 Å². The third-order valence-corrected chi connectivity index (χ3v) is 6.49. The van der Waals surface area contributed by atoms with E-state index in [2.05, 4.69) is 21.4 Å². The van der Waals surface area contributed by atoms with E-state index in [9.17, 15) is 18.0 Å². The van der Waals surface area contributed by atoms with E-state index < -0.39 is 27.2 Å². The number of carbonyl (C=O) groups excluding carboxylic acids is 1. The van der Waals surface area contributed by atoms with Gasteiger partial charge in [0.1, 0.15) is 5.69 Å². The Morgan fingerprint density at radius 1 is 1.21 bits per heavy atom. The highest BCUT2D eigenvalue weighted by atomic mass is 35.5. The summed E-state index contributed by atoms with van der Waals surface area (Å²) in [5.74, 6) is -0.709.